The van der Waals surface area contributed by atoms with E-state index < -0.39 is 5.69 Å². The minimum absolute atomic E-state index is 0.0573. The Bertz CT molecular complexity index is 599. The van der Waals surface area contributed by atoms with Crippen LogP contribution in [0.15, 0.2) is 21.9 Å². The minimum atomic E-state index is -0.461. The van der Waals surface area contributed by atoms with Crippen LogP contribution in [-0.4, -0.2) is 27.6 Å². The molecule has 1 fully saturated rings. The van der Waals surface area contributed by atoms with Crippen molar-refractivity contribution in [1.82, 2.24) is 14.5 Å². The fourth-order valence-electron chi connectivity index (χ4n) is 2.63. The first-order chi connectivity index (χ1) is 10.1. The Labute approximate surface area is 122 Å². The molecule has 1 aromatic rings. The Morgan fingerprint density at radius 1 is 1.33 bits per heavy atom. The second-order valence-corrected chi connectivity index (χ2v) is 5.41. The molecule has 2 rings (SSSR count). The highest BCUT2D eigenvalue weighted by Crippen LogP contribution is 2.17. The molecule has 0 aromatic carbocycles. The third-order valence-electron chi connectivity index (χ3n) is 3.76. The van der Waals surface area contributed by atoms with Crippen molar-refractivity contribution in [3.8, 4) is 0 Å². The van der Waals surface area contributed by atoms with Crippen molar-refractivity contribution in [3.63, 3.8) is 0 Å². The van der Waals surface area contributed by atoms with Crippen LogP contribution >= 0.6 is 0 Å². The quantitative estimate of drug-likeness (QED) is 0.733. The first-order valence-electron chi connectivity index (χ1n) is 7.41. The zero-order valence-electron chi connectivity index (χ0n) is 12.1. The maximum absolute atomic E-state index is 12.2. The van der Waals surface area contributed by atoms with Crippen LogP contribution in [0.5, 0.6) is 0 Å². The van der Waals surface area contributed by atoms with Gasteiger partial charge in [0.1, 0.15) is 6.54 Å². The second-order valence-electron chi connectivity index (χ2n) is 5.41. The molecular weight excluding hydrogens is 272 g/mol. The molecule has 21 heavy (non-hydrogen) atoms. The second kappa shape index (κ2) is 7.21. The van der Waals surface area contributed by atoms with Crippen molar-refractivity contribution in [3.05, 3.63) is 33.1 Å². The highest BCUT2D eigenvalue weighted by molar-refractivity contribution is 5.76. The number of amides is 1. The molecule has 0 radical (unpaired) electrons. The van der Waals surface area contributed by atoms with Gasteiger partial charge in [0, 0.05) is 24.8 Å². The first-order valence-corrected chi connectivity index (χ1v) is 7.41. The van der Waals surface area contributed by atoms with Gasteiger partial charge in [-0.2, -0.15) is 0 Å². The summed E-state index contributed by atoms with van der Waals surface area (Å²) in [5, 5.41) is 2.93. The van der Waals surface area contributed by atoms with E-state index in [1.165, 1.54) is 16.8 Å². The van der Waals surface area contributed by atoms with E-state index in [0.717, 1.165) is 30.3 Å². The predicted octanol–water partition coefficient (Wildman–Crippen LogP) is -0.582. The summed E-state index contributed by atoms with van der Waals surface area (Å²) in [4.78, 5) is 35.8. The summed E-state index contributed by atoms with van der Waals surface area (Å²) >= 11 is 0. The molecule has 0 unspecified atom stereocenters. The Balaban J connectivity index is 2.07. The number of nitrogens with one attached hydrogen (secondary N) is 1. The molecule has 0 atom stereocenters. The highest BCUT2D eigenvalue weighted by Gasteiger charge is 2.17. The molecule has 1 heterocycles. The van der Waals surface area contributed by atoms with E-state index in [0.29, 0.717) is 13.0 Å². The molecule has 0 bridgehead atoms. The van der Waals surface area contributed by atoms with Crippen molar-refractivity contribution < 1.29 is 4.79 Å². The van der Waals surface area contributed by atoms with E-state index in [-0.39, 0.29) is 30.6 Å². The van der Waals surface area contributed by atoms with Crippen LogP contribution in [0, 0.1) is 0 Å². The Kier molecular flexibility index (Phi) is 5.32. The number of carbonyl (C=O) groups is 1. The molecule has 1 saturated carbocycles. The monoisotopic (exact) mass is 294 g/mol. The van der Waals surface area contributed by atoms with Crippen LogP contribution in [0.3, 0.4) is 0 Å². The van der Waals surface area contributed by atoms with Crippen LogP contribution in [0.4, 0.5) is 0 Å². The molecule has 116 valence electrons. The van der Waals surface area contributed by atoms with E-state index in [1.807, 2.05) is 0 Å². The van der Waals surface area contributed by atoms with Crippen LogP contribution in [0.2, 0.25) is 0 Å². The van der Waals surface area contributed by atoms with Crippen molar-refractivity contribution in [2.45, 2.75) is 51.2 Å². The van der Waals surface area contributed by atoms with Gasteiger partial charge in [-0.3, -0.25) is 18.7 Å². The summed E-state index contributed by atoms with van der Waals surface area (Å²) in [6.45, 7) is 0.625. The molecule has 7 heteroatoms. The maximum atomic E-state index is 12.2. The van der Waals surface area contributed by atoms with Crippen molar-refractivity contribution in [2.24, 2.45) is 5.73 Å². The summed E-state index contributed by atoms with van der Waals surface area (Å²) in [6.07, 6.45) is 6.18. The van der Waals surface area contributed by atoms with Gasteiger partial charge in [-0.05, 0) is 25.8 Å². The lowest BCUT2D eigenvalue weighted by Crippen LogP contribution is -2.43. The summed E-state index contributed by atoms with van der Waals surface area (Å²) in [6, 6.07) is 1.53. The number of aromatic nitrogens is 2. The van der Waals surface area contributed by atoms with Crippen LogP contribution in [0.25, 0.3) is 0 Å². The molecule has 0 spiro atoms. The summed E-state index contributed by atoms with van der Waals surface area (Å²) in [7, 11) is 0. The van der Waals surface area contributed by atoms with E-state index in [1.54, 1.807) is 0 Å². The predicted molar refractivity (Wildman–Crippen MR) is 79.0 cm³/mol. The van der Waals surface area contributed by atoms with Gasteiger partial charge < -0.3 is 11.1 Å². The first kappa shape index (κ1) is 15.5. The van der Waals surface area contributed by atoms with Crippen molar-refractivity contribution in [1.29, 1.82) is 0 Å². The topological polar surface area (TPSA) is 99.1 Å². The maximum Gasteiger partial charge on any atom is 0.331 e. The minimum Gasteiger partial charge on any atom is -0.352 e. The van der Waals surface area contributed by atoms with E-state index >= 15 is 0 Å². The normalized spacial score (nSPS) is 15.3. The third kappa shape index (κ3) is 4.04. The lowest BCUT2D eigenvalue weighted by Gasteiger charge is -2.13. The number of nitrogens with two attached hydrogens (primary N) is 1. The average Bonchev–Trinajstić information content (AvgIpc) is 2.95. The van der Waals surface area contributed by atoms with E-state index in [2.05, 4.69) is 5.32 Å². The van der Waals surface area contributed by atoms with E-state index in [9.17, 15) is 14.4 Å². The molecule has 3 N–H and O–H groups in total. The van der Waals surface area contributed by atoms with Gasteiger partial charge in [-0.15, -0.1) is 0 Å². The van der Waals surface area contributed by atoms with Gasteiger partial charge in [-0.1, -0.05) is 12.8 Å². The molecule has 0 saturated heterocycles. The highest BCUT2D eigenvalue weighted by atomic mass is 16.2. The van der Waals surface area contributed by atoms with Gasteiger partial charge in [0.05, 0.1) is 0 Å². The zero-order chi connectivity index (χ0) is 15.2. The fourth-order valence-corrected chi connectivity index (χ4v) is 2.63. The molecule has 1 aliphatic carbocycles. The average molecular weight is 294 g/mol. The number of carbonyl (C=O) groups excluding carboxylic acids is 1. The fraction of sp³-hybridized carbons (Fsp3) is 0.643. The van der Waals surface area contributed by atoms with Gasteiger partial charge >= 0.3 is 5.69 Å². The largest absolute Gasteiger partial charge is 0.352 e. The molecule has 1 aromatic heterocycles. The number of nitrogens with zero attached hydrogens (tertiary/aromatic N) is 2. The summed E-state index contributed by atoms with van der Waals surface area (Å²) < 4.78 is 2.39. The molecule has 0 aliphatic heterocycles. The molecular formula is C14H22N4O3. The van der Waals surface area contributed by atoms with Gasteiger partial charge in [0.25, 0.3) is 5.56 Å². The summed E-state index contributed by atoms with van der Waals surface area (Å²) in [5.41, 5.74) is 4.58. The molecule has 1 aliphatic rings. The third-order valence-corrected chi connectivity index (χ3v) is 3.76. The van der Waals surface area contributed by atoms with Gasteiger partial charge in [-0.25, -0.2) is 4.79 Å². The smallest absolute Gasteiger partial charge is 0.331 e. The lowest BCUT2D eigenvalue weighted by atomic mass is 10.2. The van der Waals surface area contributed by atoms with Crippen LogP contribution in [-0.2, 0) is 17.9 Å². The SMILES string of the molecule is NCCCn1c(=O)ccn(CC(=O)NC2CCCC2)c1=O. The molecule has 7 nitrogen and oxygen atoms in total. The Morgan fingerprint density at radius 2 is 2.05 bits per heavy atom. The van der Waals surface area contributed by atoms with E-state index in [4.69, 9.17) is 5.73 Å². The van der Waals surface area contributed by atoms with Crippen LogP contribution in [0.1, 0.15) is 32.1 Å². The summed E-state index contributed by atoms with van der Waals surface area (Å²) in [5.74, 6) is -0.187. The zero-order valence-corrected chi connectivity index (χ0v) is 12.1. The Morgan fingerprint density at radius 3 is 2.71 bits per heavy atom. The standard InChI is InChI=1S/C14H22N4O3/c15-7-3-8-18-13(20)6-9-17(14(18)21)10-12(19)16-11-4-1-2-5-11/h6,9,11H,1-5,7-8,10,15H2,(H,16,19). The van der Waals surface area contributed by atoms with Crippen molar-refractivity contribution >= 4 is 5.91 Å². The number of hydrogen-bond donors (Lipinski definition) is 2. The molecule has 1 amide bonds. The van der Waals surface area contributed by atoms with Crippen molar-refractivity contribution in [2.75, 3.05) is 6.54 Å². The lowest BCUT2D eigenvalue weighted by molar-refractivity contribution is -0.122. The Hall–Kier alpha value is -1.89. The number of rotatable bonds is 6. The van der Waals surface area contributed by atoms with Gasteiger partial charge in [0.2, 0.25) is 5.91 Å². The van der Waals surface area contributed by atoms with Gasteiger partial charge in [0.15, 0.2) is 0 Å². The van der Waals surface area contributed by atoms with Crippen LogP contribution < -0.4 is 22.3 Å². The number of hydrogen-bond acceptors (Lipinski definition) is 4.